The Kier molecular flexibility index (Phi) is 5.77. The monoisotopic (exact) mass is 361 g/mol. The highest BCUT2D eigenvalue weighted by Crippen LogP contribution is 2.25. The van der Waals surface area contributed by atoms with E-state index >= 15 is 0 Å². The van der Waals surface area contributed by atoms with E-state index in [4.69, 9.17) is 9.47 Å². The normalized spacial score (nSPS) is 10.3. The molecule has 0 spiro atoms. The molecule has 1 amide bonds. The first-order valence-electron chi connectivity index (χ1n) is 8.84. The number of para-hydroxylation sites is 1. The summed E-state index contributed by atoms with van der Waals surface area (Å²) in [7, 11) is 0. The standard InChI is InChI=1S/C23H23NO3/c1-16-12-17(2)14-21(13-16)27-20-10-8-19(9-11-20)26-15-23(25)24-22-7-5-4-6-18(22)3/h4-14H,15H2,1-3H3,(H,24,25). The maximum Gasteiger partial charge on any atom is 0.262 e. The van der Waals surface area contributed by atoms with Crippen LogP contribution in [-0.2, 0) is 4.79 Å². The second-order valence-electron chi connectivity index (χ2n) is 6.55. The van der Waals surface area contributed by atoms with Gasteiger partial charge in [0, 0.05) is 5.69 Å². The molecule has 138 valence electrons. The van der Waals surface area contributed by atoms with Crippen molar-refractivity contribution in [2.45, 2.75) is 20.8 Å². The highest BCUT2D eigenvalue weighted by atomic mass is 16.5. The van der Waals surface area contributed by atoms with Crippen LogP contribution < -0.4 is 14.8 Å². The van der Waals surface area contributed by atoms with E-state index in [1.165, 1.54) is 0 Å². The number of hydrogen-bond donors (Lipinski definition) is 1. The van der Waals surface area contributed by atoms with E-state index in [1.54, 1.807) is 12.1 Å². The third kappa shape index (κ3) is 5.35. The Bertz CT molecular complexity index is 912. The Balaban J connectivity index is 1.54. The molecule has 0 saturated carbocycles. The number of carbonyl (C=O) groups excluding carboxylic acids is 1. The lowest BCUT2D eigenvalue weighted by Gasteiger charge is -2.11. The number of amides is 1. The molecule has 0 aliphatic carbocycles. The molecule has 0 fully saturated rings. The molecule has 0 aliphatic rings. The van der Waals surface area contributed by atoms with Gasteiger partial charge in [-0.1, -0.05) is 24.3 Å². The predicted molar refractivity (Wildman–Crippen MR) is 108 cm³/mol. The third-order valence-corrected chi connectivity index (χ3v) is 4.04. The van der Waals surface area contributed by atoms with Gasteiger partial charge in [0.05, 0.1) is 0 Å². The molecule has 0 heterocycles. The van der Waals surface area contributed by atoms with Crippen LogP contribution in [0.3, 0.4) is 0 Å². The molecule has 4 nitrogen and oxygen atoms in total. The SMILES string of the molecule is Cc1cc(C)cc(Oc2ccc(OCC(=O)Nc3ccccc3C)cc2)c1. The number of benzene rings is 3. The number of aryl methyl sites for hydroxylation is 3. The number of rotatable bonds is 6. The predicted octanol–water partition coefficient (Wildman–Crippen LogP) is 5.42. The van der Waals surface area contributed by atoms with Crippen molar-refractivity contribution in [3.8, 4) is 17.2 Å². The number of nitrogens with one attached hydrogen (secondary N) is 1. The van der Waals surface area contributed by atoms with E-state index in [9.17, 15) is 4.79 Å². The zero-order chi connectivity index (χ0) is 19.2. The van der Waals surface area contributed by atoms with Crippen molar-refractivity contribution in [3.63, 3.8) is 0 Å². The fraction of sp³-hybridized carbons (Fsp3) is 0.174. The van der Waals surface area contributed by atoms with Crippen molar-refractivity contribution >= 4 is 11.6 Å². The molecule has 4 heteroatoms. The first kappa shape index (κ1) is 18.5. The lowest BCUT2D eigenvalue weighted by molar-refractivity contribution is -0.118. The van der Waals surface area contributed by atoms with Crippen LogP contribution >= 0.6 is 0 Å². The smallest absolute Gasteiger partial charge is 0.262 e. The summed E-state index contributed by atoms with van der Waals surface area (Å²) in [6.45, 7) is 5.98. The van der Waals surface area contributed by atoms with Gasteiger partial charge in [0.15, 0.2) is 6.61 Å². The topological polar surface area (TPSA) is 47.6 Å². The molecular weight excluding hydrogens is 338 g/mol. The molecule has 3 rings (SSSR count). The summed E-state index contributed by atoms with van der Waals surface area (Å²) in [5.41, 5.74) is 4.12. The second-order valence-corrected chi connectivity index (χ2v) is 6.55. The summed E-state index contributed by atoms with van der Waals surface area (Å²) >= 11 is 0. The number of anilines is 1. The third-order valence-electron chi connectivity index (χ3n) is 4.04. The van der Waals surface area contributed by atoms with Crippen molar-refractivity contribution in [2.75, 3.05) is 11.9 Å². The highest BCUT2D eigenvalue weighted by Gasteiger charge is 2.06. The van der Waals surface area contributed by atoms with E-state index in [-0.39, 0.29) is 12.5 Å². The van der Waals surface area contributed by atoms with E-state index in [0.717, 1.165) is 33.9 Å². The van der Waals surface area contributed by atoms with Gasteiger partial charge in [-0.25, -0.2) is 0 Å². The molecule has 3 aromatic carbocycles. The average molecular weight is 361 g/mol. The molecule has 0 unspecified atom stereocenters. The Hall–Kier alpha value is -3.27. The van der Waals surface area contributed by atoms with Gasteiger partial charge in [-0.3, -0.25) is 4.79 Å². The second kappa shape index (κ2) is 8.41. The number of hydrogen-bond acceptors (Lipinski definition) is 3. The maximum atomic E-state index is 12.0. The van der Waals surface area contributed by atoms with Gasteiger partial charge in [0.2, 0.25) is 0 Å². The molecule has 0 radical (unpaired) electrons. The quantitative estimate of drug-likeness (QED) is 0.637. The van der Waals surface area contributed by atoms with E-state index in [1.807, 2.05) is 69.3 Å². The van der Waals surface area contributed by atoms with Crippen molar-refractivity contribution in [2.24, 2.45) is 0 Å². The van der Waals surface area contributed by atoms with Gasteiger partial charge >= 0.3 is 0 Å². The van der Waals surface area contributed by atoms with Gasteiger partial charge < -0.3 is 14.8 Å². The molecule has 0 aromatic heterocycles. The zero-order valence-electron chi connectivity index (χ0n) is 15.8. The van der Waals surface area contributed by atoms with Crippen LogP contribution in [0, 0.1) is 20.8 Å². The van der Waals surface area contributed by atoms with Crippen molar-refractivity contribution in [1.82, 2.24) is 0 Å². The van der Waals surface area contributed by atoms with Gasteiger partial charge in [-0.15, -0.1) is 0 Å². The van der Waals surface area contributed by atoms with Crippen LogP contribution in [0.1, 0.15) is 16.7 Å². The minimum atomic E-state index is -0.195. The minimum absolute atomic E-state index is 0.0500. The summed E-state index contributed by atoms with van der Waals surface area (Å²) in [6, 6.07) is 21.0. The van der Waals surface area contributed by atoms with Crippen molar-refractivity contribution < 1.29 is 14.3 Å². The first-order valence-corrected chi connectivity index (χ1v) is 8.84. The Morgan fingerprint density at radius 3 is 2.11 bits per heavy atom. The molecule has 0 bridgehead atoms. The first-order chi connectivity index (χ1) is 13.0. The molecule has 3 aromatic rings. The highest BCUT2D eigenvalue weighted by molar-refractivity contribution is 5.92. The molecule has 0 aliphatic heterocycles. The van der Waals surface area contributed by atoms with E-state index in [2.05, 4.69) is 11.4 Å². The van der Waals surface area contributed by atoms with Crippen LogP contribution in [-0.4, -0.2) is 12.5 Å². The van der Waals surface area contributed by atoms with Gasteiger partial charge in [0.1, 0.15) is 17.2 Å². The summed E-state index contributed by atoms with van der Waals surface area (Å²) in [5.74, 6) is 1.94. The van der Waals surface area contributed by atoms with Crippen molar-refractivity contribution in [3.05, 3.63) is 83.4 Å². The Labute approximate surface area is 159 Å². The average Bonchev–Trinajstić information content (AvgIpc) is 2.62. The van der Waals surface area contributed by atoms with Crippen LogP contribution in [0.15, 0.2) is 66.7 Å². The molecule has 0 saturated heterocycles. The molecule has 1 N–H and O–H groups in total. The van der Waals surface area contributed by atoms with Crippen LogP contribution in [0.2, 0.25) is 0 Å². The number of carbonyl (C=O) groups is 1. The lowest BCUT2D eigenvalue weighted by Crippen LogP contribution is -2.20. The van der Waals surface area contributed by atoms with Crippen molar-refractivity contribution in [1.29, 1.82) is 0 Å². The lowest BCUT2D eigenvalue weighted by atomic mass is 10.1. The van der Waals surface area contributed by atoms with Crippen LogP contribution in [0.5, 0.6) is 17.2 Å². The zero-order valence-corrected chi connectivity index (χ0v) is 15.8. The largest absolute Gasteiger partial charge is 0.484 e. The van der Waals surface area contributed by atoms with E-state index < -0.39 is 0 Å². The van der Waals surface area contributed by atoms with Crippen LogP contribution in [0.4, 0.5) is 5.69 Å². The molecule has 27 heavy (non-hydrogen) atoms. The minimum Gasteiger partial charge on any atom is -0.484 e. The van der Waals surface area contributed by atoms with Gasteiger partial charge in [-0.05, 0) is 79.9 Å². The van der Waals surface area contributed by atoms with Gasteiger partial charge in [0.25, 0.3) is 5.91 Å². The summed E-state index contributed by atoms with van der Waals surface area (Å²) in [6.07, 6.45) is 0. The Morgan fingerprint density at radius 2 is 1.44 bits per heavy atom. The summed E-state index contributed by atoms with van der Waals surface area (Å²) < 4.78 is 11.4. The number of ether oxygens (including phenoxy) is 2. The summed E-state index contributed by atoms with van der Waals surface area (Å²) in [5, 5.41) is 2.85. The maximum absolute atomic E-state index is 12.0. The van der Waals surface area contributed by atoms with E-state index in [0.29, 0.717) is 5.75 Å². The van der Waals surface area contributed by atoms with Crippen LogP contribution in [0.25, 0.3) is 0 Å². The fourth-order valence-corrected chi connectivity index (χ4v) is 2.78. The summed E-state index contributed by atoms with van der Waals surface area (Å²) in [4.78, 5) is 12.0. The van der Waals surface area contributed by atoms with Gasteiger partial charge in [-0.2, -0.15) is 0 Å². The molecular formula is C23H23NO3. The molecule has 0 atom stereocenters. The fourth-order valence-electron chi connectivity index (χ4n) is 2.78. The Morgan fingerprint density at radius 1 is 0.815 bits per heavy atom.